The number of benzene rings is 2. The van der Waals surface area contributed by atoms with Gasteiger partial charge in [0.2, 0.25) is 18.2 Å². The van der Waals surface area contributed by atoms with Crippen molar-refractivity contribution >= 4 is 29.6 Å². The van der Waals surface area contributed by atoms with Gasteiger partial charge in [-0.1, -0.05) is 49.4 Å². The lowest BCUT2D eigenvalue weighted by atomic mass is 9.95. The maximum Gasteiger partial charge on any atom is 0.242 e. The van der Waals surface area contributed by atoms with Gasteiger partial charge < -0.3 is 38.1 Å². The van der Waals surface area contributed by atoms with Gasteiger partial charge in [0.1, 0.15) is 6.04 Å². The molecule has 0 spiro atoms. The highest BCUT2D eigenvalue weighted by molar-refractivity contribution is 5.88. The molecule has 0 aliphatic heterocycles. The van der Waals surface area contributed by atoms with E-state index in [4.69, 9.17) is 11.5 Å². The second-order valence-electron chi connectivity index (χ2n) is 9.56. The molecule has 10 heteroatoms. The van der Waals surface area contributed by atoms with Crippen molar-refractivity contribution < 1.29 is 14.4 Å². The van der Waals surface area contributed by atoms with Crippen LogP contribution in [0.2, 0.25) is 0 Å². The number of rotatable bonds is 19. The van der Waals surface area contributed by atoms with E-state index in [2.05, 4.69) is 44.8 Å². The van der Waals surface area contributed by atoms with E-state index in [9.17, 15) is 14.4 Å². The fourth-order valence-corrected chi connectivity index (χ4v) is 4.42. The van der Waals surface area contributed by atoms with Crippen LogP contribution in [0.5, 0.6) is 0 Å². The van der Waals surface area contributed by atoms with Crippen molar-refractivity contribution in [3.8, 4) is 0 Å². The Hall–Kier alpha value is -3.89. The van der Waals surface area contributed by atoms with Crippen molar-refractivity contribution in [3.63, 3.8) is 0 Å². The topological polar surface area (TPSA) is 163 Å². The smallest absolute Gasteiger partial charge is 0.242 e. The van der Waals surface area contributed by atoms with Gasteiger partial charge in [-0.05, 0) is 61.9 Å². The third-order valence-electron chi connectivity index (χ3n) is 6.56. The summed E-state index contributed by atoms with van der Waals surface area (Å²) in [6.07, 6.45) is 6.21. The van der Waals surface area contributed by atoms with Gasteiger partial charge >= 0.3 is 0 Å². The van der Waals surface area contributed by atoms with E-state index in [1.54, 1.807) is 13.1 Å². The monoisotopic (exact) mass is 551 g/mol. The Balaban J connectivity index is 2.00. The molecule has 0 fully saturated rings. The number of amides is 3. The zero-order valence-electron chi connectivity index (χ0n) is 23.7. The maximum atomic E-state index is 13.1. The Bertz CT molecular complexity index is 1090. The predicted molar refractivity (Wildman–Crippen MR) is 161 cm³/mol. The molecule has 0 aliphatic carbocycles. The highest BCUT2D eigenvalue weighted by atomic mass is 16.2. The van der Waals surface area contributed by atoms with Crippen LogP contribution in [0, 0.1) is 5.92 Å². The van der Waals surface area contributed by atoms with E-state index < -0.39 is 6.04 Å². The summed E-state index contributed by atoms with van der Waals surface area (Å²) in [4.78, 5) is 36.8. The van der Waals surface area contributed by atoms with Crippen LogP contribution in [0.25, 0.3) is 0 Å². The fraction of sp³-hybridized carbons (Fsp3) is 0.433. The molecular weight excluding hydrogens is 506 g/mol. The van der Waals surface area contributed by atoms with E-state index in [1.807, 2.05) is 37.3 Å². The molecule has 10 nitrogen and oxygen atoms in total. The van der Waals surface area contributed by atoms with Gasteiger partial charge in [0, 0.05) is 31.8 Å². The maximum absolute atomic E-state index is 13.1. The molecular formula is C30H45N7O3. The largest absolute Gasteiger partial charge is 0.386 e. The first kappa shape index (κ1) is 32.3. The van der Waals surface area contributed by atoms with Gasteiger partial charge in [-0.25, -0.2) is 0 Å². The molecule has 2 rings (SSSR count). The summed E-state index contributed by atoms with van der Waals surface area (Å²) >= 11 is 0. The standard InChI is InChI=1S/C30H45N7O3/c1-3-9-25(24(18-32)16-22-10-5-4-6-11-22)34-20-29(39)37-27(12-7-8-15-31)30(40)35-19-23-13-14-26(36-21-38)28(17-23)33-2/h4-6,9-11,13-14,17,21,24,27,33-34H,3,7-8,12,15-16,18-20,31-32H2,1-2H3,(H,35,40)(H,36,38)(H,37,39)/b25-9+. The Morgan fingerprint density at radius 3 is 2.40 bits per heavy atom. The zero-order valence-corrected chi connectivity index (χ0v) is 23.7. The summed E-state index contributed by atoms with van der Waals surface area (Å²) < 4.78 is 0. The minimum Gasteiger partial charge on any atom is -0.386 e. The molecule has 0 bridgehead atoms. The number of hydrogen-bond acceptors (Lipinski definition) is 7. The van der Waals surface area contributed by atoms with Gasteiger partial charge in [-0.3, -0.25) is 14.4 Å². The Kier molecular flexibility index (Phi) is 14.9. The summed E-state index contributed by atoms with van der Waals surface area (Å²) in [7, 11) is 1.75. The molecule has 0 saturated heterocycles. The summed E-state index contributed by atoms with van der Waals surface area (Å²) in [6.45, 7) is 3.32. The van der Waals surface area contributed by atoms with Crippen molar-refractivity contribution in [1.29, 1.82) is 0 Å². The highest BCUT2D eigenvalue weighted by Gasteiger charge is 2.21. The van der Waals surface area contributed by atoms with Crippen LogP contribution in [-0.2, 0) is 27.3 Å². The van der Waals surface area contributed by atoms with Crippen molar-refractivity contribution in [2.75, 3.05) is 37.3 Å². The first-order valence-corrected chi connectivity index (χ1v) is 13.9. The number of nitrogens with two attached hydrogens (primary N) is 2. The van der Waals surface area contributed by atoms with E-state index >= 15 is 0 Å². The molecule has 0 saturated carbocycles. The lowest BCUT2D eigenvalue weighted by Gasteiger charge is -2.22. The first-order valence-electron chi connectivity index (χ1n) is 13.9. The lowest BCUT2D eigenvalue weighted by Crippen LogP contribution is -2.49. The molecule has 0 aromatic heterocycles. The average Bonchev–Trinajstić information content (AvgIpc) is 2.97. The Morgan fingerprint density at radius 2 is 1.75 bits per heavy atom. The molecule has 40 heavy (non-hydrogen) atoms. The molecule has 2 aromatic carbocycles. The Labute approximate surface area is 237 Å². The number of carbonyl (C=O) groups is 3. The van der Waals surface area contributed by atoms with Crippen molar-refractivity contribution in [2.45, 2.75) is 51.6 Å². The summed E-state index contributed by atoms with van der Waals surface area (Å²) in [5, 5.41) is 14.7. The summed E-state index contributed by atoms with van der Waals surface area (Å²) in [5.41, 5.74) is 16.1. The predicted octanol–water partition coefficient (Wildman–Crippen LogP) is 2.23. The van der Waals surface area contributed by atoms with Gasteiger partial charge in [0.25, 0.3) is 0 Å². The molecule has 2 aromatic rings. The molecule has 0 heterocycles. The number of carbonyl (C=O) groups excluding carboxylic acids is 3. The van der Waals surface area contributed by atoms with Crippen molar-refractivity contribution in [3.05, 3.63) is 71.4 Å². The van der Waals surface area contributed by atoms with Crippen LogP contribution in [-0.4, -0.2) is 50.9 Å². The van der Waals surface area contributed by atoms with Gasteiger partial charge in [-0.15, -0.1) is 0 Å². The second-order valence-corrected chi connectivity index (χ2v) is 9.56. The minimum absolute atomic E-state index is 0.0362. The first-order chi connectivity index (χ1) is 19.4. The highest BCUT2D eigenvalue weighted by Crippen LogP contribution is 2.22. The molecule has 9 N–H and O–H groups in total. The number of hydrogen-bond donors (Lipinski definition) is 7. The zero-order chi connectivity index (χ0) is 29.2. The normalized spacial score (nSPS) is 12.7. The quantitative estimate of drug-likeness (QED) is 0.104. The van der Waals surface area contributed by atoms with Crippen molar-refractivity contribution in [1.82, 2.24) is 16.0 Å². The average molecular weight is 552 g/mol. The van der Waals surface area contributed by atoms with Crippen LogP contribution in [0.15, 0.2) is 60.3 Å². The number of unbranched alkanes of at least 4 members (excludes halogenated alkanes) is 1. The van der Waals surface area contributed by atoms with Gasteiger partial charge in [-0.2, -0.15) is 0 Å². The molecule has 3 amide bonds. The van der Waals surface area contributed by atoms with Gasteiger partial charge in [0.05, 0.1) is 17.9 Å². The number of anilines is 2. The van der Waals surface area contributed by atoms with E-state index in [0.29, 0.717) is 38.0 Å². The van der Waals surface area contributed by atoms with Crippen molar-refractivity contribution in [2.24, 2.45) is 17.4 Å². The van der Waals surface area contributed by atoms with Crippen LogP contribution < -0.4 is 38.1 Å². The van der Waals surface area contributed by atoms with Gasteiger partial charge in [0.15, 0.2) is 0 Å². The van der Waals surface area contributed by atoms with E-state index in [1.165, 1.54) is 5.56 Å². The van der Waals surface area contributed by atoms with E-state index in [-0.39, 0.29) is 30.8 Å². The fourth-order valence-electron chi connectivity index (χ4n) is 4.42. The van der Waals surface area contributed by atoms with E-state index in [0.717, 1.165) is 36.2 Å². The number of allylic oxidation sites excluding steroid dienone is 1. The van der Waals surface area contributed by atoms with Crippen LogP contribution in [0.3, 0.4) is 0 Å². The molecule has 0 radical (unpaired) electrons. The van der Waals surface area contributed by atoms with Crippen LogP contribution in [0.1, 0.15) is 43.7 Å². The second kappa shape index (κ2) is 18.4. The van der Waals surface area contributed by atoms with Crippen LogP contribution in [0.4, 0.5) is 11.4 Å². The molecule has 0 aliphatic rings. The molecule has 218 valence electrons. The number of nitrogens with one attached hydrogen (secondary N) is 5. The third-order valence-corrected chi connectivity index (χ3v) is 6.56. The third kappa shape index (κ3) is 11.1. The van der Waals surface area contributed by atoms with Crippen LogP contribution >= 0.6 is 0 Å². The lowest BCUT2D eigenvalue weighted by molar-refractivity contribution is -0.128. The summed E-state index contributed by atoms with van der Waals surface area (Å²) in [5.74, 6) is -0.485. The minimum atomic E-state index is -0.686. The molecule has 2 unspecified atom stereocenters. The SMILES string of the molecule is CC/C=C(/NCC(=O)NC(CCCCN)C(=O)NCc1ccc(NC=O)c(NC)c1)C(CN)Cc1ccccc1. The Morgan fingerprint density at radius 1 is 0.975 bits per heavy atom. The molecule has 2 atom stereocenters. The summed E-state index contributed by atoms with van der Waals surface area (Å²) in [6, 6.07) is 14.9.